The van der Waals surface area contributed by atoms with Gasteiger partial charge in [-0.15, -0.1) is 0 Å². The number of hydrogen-bond acceptors (Lipinski definition) is 0. The third kappa shape index (κ3) is 19.3. The predicted molar refractivity (Wildman–Crippen MR) is 469 cm³/mol. The molecule has 0 saturated carbocycles. The van der Waals surface area contributed by atoms with E-state index in [1.807, 2.05) is 11.6 Å². The zero-order valence-corrected chi connectivity index (χ0v) is 72.4. The Bertz CT molecular complexity index is 5540. The van der Waals surface area contributed by atoms with Gasteiger partial charge in [-0.05, 0) is 261 Å². The second kappa shape index (κ2) is 35.0. The molecule has 0 spiro atoms. The number of aryl methyl sites for hydroxylation is 3. The Labute approximate surface area is 661 Å². The summed E-state index contributed by atoms with van der Waals surface area (Å²) in [6, 6.07) is 51.8. The van der Waals surface area contributed by atoms with Crippen molar-refractivity contribution in [1.29, 1.82) is 0 Å². The van der Waals surface area contributed by atoms with Crippen molar-refractivity contribution in [1.82, 2.24) is 0 Å². The maximum Gasteiger partial charge on any atom is 0.220 e. The van der Waals surface area contributed by atoms with Crippen molar-refractivity contribution in [3.05, 3.63) is 259 Å². The summed E-state index contributed by atoms with van der Waals surface area (Å²) >= 11 is 0. The van der Waals surface area contributed by atoms with E-state index in [4.69, 9.17) is 6.85 Å². The molecule has 0 radical (unpaired) electrons. The molecule has 0 atom stereocenters. The number of aromatic nitrogens is 4. The summed E-state index contributed by atoms with van der Waals surface area (Å²) in [6.07, 6.45) is 4.39. The van der Waals surface area contributed by atoms with Gasteiger partial charge in [-0.2, -0.15) is 13.7 Å². The summed E-state index contributed by atoms with van der Waals surface area (Å²) in [4.78, 5) is 0. The average Bonchev–Trinajstić information content (AvgIpc) is 0.762. The number of pyridine rings is 4. The lowest BCUT2D eigenvalue weighted by Gasteiger charge is -2.21. The molecule has 0 N–H and O–H groups in total. The Hall–Kier alpha value is -8.60. The normalized spacial score (nSPS) is 12.6. The Morgan fingerprint density at radius 3 is 1.05 bits per heavy atom. The van der Waals surface area contributed by atoms with E-state index in [1.54, 1.807) is 0 Å². The Morgan fingerprint density at radius 1 is 0.324 bits per heavy atom. The first-order valence-electron chi connectivity index (χ1n) is 43.0. The molecule has 0 fully saturated rings. The van der Waals surface area contributed by atoms with Crippen LogP contribution in [-0.4, -0.2) is 0 Å². The molecule has 0 saturated heterocycles. The number of hydrogen-bond donors (Lipinski definition) is 0. The number of rotatable bonds is 16. The van der Waals surface area contributed by atoms with Crippen molar-refractivity contribution < 1.29 is 25.1 Å². The third-order valence-electron chi connectivity index (χ3n) is 22.3. The molecule has 108 heavy (non-hydrogen) atoms. The summed E-state index contributed by atoms with van der Waals surface area (Å²) < 4.78 is 52.0. The molecule has 12 aromatic rings. The van der Waals surface area contributed by atoms with Crippen molar-refractivity contribution in [2.45, 2.75) is 242 Å². The highest BCUT2D eigenvalue weighted by atomic mass is 15.0. The standard InChI is InChI=1S/C27H36N.2C26H34N.C25H32N/c1-17(2)13-21-9-10-24-22(14-21)11-12-28(8)27(24)26-16-23(18(3)4)15-25(19(5)6)20(26)7;1-17(2)13-20-10-12-23-21(15-20)14-19(4)27(8)25(23)24-16-22(26(5,6)7)11-9-18(24)3;1-16(2)11-21-9-10-24-23(14-21)13-19(6)27(8)26(24)25-15-22(17(3)4)12-18(5)20(25)7;1-16(2)12-20-9-11-23-22(14-20)13-19(6)26(7)25(23)24-15-21(17(3)4)10-8-18(24)5/h9-12,14-19H,13H2,1-8H3;9-12,14-17H,13H2,1-8H3;9-10,12-17H,11H2,1-8H3;8-11,13-17H,12H2,1-7H3/q4*+1/i11D,12D;14D;2*13D. The van der Waals surface area contributed by atoms with Crippen LogP contribution in [0, 0.1) is 79.1 Å². The zero-order valence-electron chi connectivity index (χ0n) is 77.4. The smallest absolute Gasteiger partial charge is 0.200 e. The number of nitrogens with zero attached hydrogens (tertiary/aromatic N) is 4. The minimum Gasteiger partial charge on any atom is -0.200 e. The molecular weight excluding hydrogens is 1310 g/mol. The Balaban J connectivity index is 0.000000173. The van der Waals surface area contributed by atoms with Crippen molar-refractivity contribution >= 4 is 43.1 Å². The molecule has 0 aliphatic heterocycles. The minimum absolute atomic E-state index is 0.103. The van der Waals surface area contributed by atoms with Crippen LogP contribution in [0.15, 0.2) is 164 Å². The largest absolute Gasteiger partial charge is 0.220 e. The van der Waals surface area contributed by atoms with Gasteiger partial charge >= 0.3 is 0 Å². The summed E-state index contributed by atoms with van der Waals surface area (Å²) in [6.45, 7) is 59.8. The first-order chi connectivity index (χ1) is 52.8. The van der Waals surface area contributed by atoms with E-state index in [-0.39, 0.29) is 11.6 Å². The van der Waals surface area contributed by atoms with Gasteiger partial charge in [0.1, 0.15) is 29.6 Å². The second-order valence-electron chi connectivity index (χ2n) is 35.7. The SMILES string of the molecule is [2H]c1c(C)[n+](C)c(-c2cc(C(C)(C)C)ccc2C)c2ccc(CC(C)C)cc12.[2H]c1c(C)[n+](C)c(-c2cc(C(C)C)cc(C)c2C)c2ccc(CC(C)C)cc12.[2H]c1c(C)[n+](C)c(-c2cc(C(C)C)ccc2C)c2ccc(CC(C)C)cc12.[2H]c1c([2H])[n+](C)c(-c2cc(C(C)C)cc(C(C)C)c2C)c2ccc(CC(C)C)cc12. The summed E-state index contributed by atoms with van der Waals surface area (Å²) in [7, 11) is 8.20. The van der Waals surface area contributed by atoms with Gasteiger partial charge in [-0.3, -0.25) is 0 Å². The summed E-state index contributed by atoms with van der Waals surface area (Å²) in [5.74, 6) is 4.24. The highest BCUT2D eigenvalue weighted by Gasteiger charge is 2.28. The molecule has 4 aromatic heterocycles. The lowest BCUT2D eigenvalue weighted by molar-refractivity contribution is -0.665. The van der Waals surface area contributed by atoms with Crippen LogP contribution in [0.3, 0.4) is 0 Å². The van der Waals surface area contributed by atoms with E-state index in [0.29, 0.717) is 71.5 Å². The molecule has 4 heterocycles. The van der Waals surface area contributed by atoms with Gasteiger partial charge in [-0.25, -0.2) is 4.57 Å². The predicted octanol–water partition coefficient (Wildman–Crippen LogP) is 26.4. The maximum absolute atomic E-state index is 8.75. The van der Waals surface area contributed by atoms with Gasteiger partial charge in [0.25, 0.3) is 0 Å². The lowest BCUT2D eigenvalue weighted by Crippen LogP contribution is -2.35. The highest BCUT2D eigenvalue weighted by molar-refractivity contribution is 5.98. The van der Waals surface area contributed by atoms with Gasteiger partial charge in [0.05, 0.1) is 43.7 Å². The molecule has 8 aromatic carbocycles. The fraction of sp³-hybridized carbons (Fsp3) is 0.423. The second-order valence-corrected chi connectivity index (χ2v) is 35.7. The topological polar surface area (TPSA) is 15.5 Å². The van der Waals surface area contributed by atoms with Crippen molar-refractivity contribution in [3.63, 3.8) is 0 Å². The fourth-order valence-electron chi connectivity index (χ4n) is 15.6. The van der Waals surface area contributed by atoms with Crippen LogP contribution in [0.25, 0.3) is 88.1 Å². The zero-order chi connectivity index (χ0) is 83.8. The van der Waals surface area contributed by atoms with E-state index in [0.717, 1.165) is 75.4 Å². The van der Waals surface area contributed by atoms with Crippen molar-refractivity contribution in [3.8, 4) is 45.0 Å². The maximum atomic E-state index is 8.75. The average molecular weight is 1450 g/mol. The monoisotopic (exact) mass is 1450 g/mol. The van der Waals surface area contributed by atoms with Crippen LogP contribution in [0.4, 0.5) is 0 Å². The van der Waals surface area contributed by atoms with Crippen LogP contribution < -0.4 is 18.3 Å². The van der Waals surface area contributed by atoms with Crippen LogP contribution in [-0.2, 0) is 59.3 Å². The lowest BCUT2D eigenvalue weighted by atomic mass is 9.84. The van der Waals surface area contributed by atoms with E-state index < -0.39 is 0 Å². The minimum atomic E-state index is 0.103. The molecule has 0 bridgehead atoms. The van der Waals surface area contributed by atoms with Crippen LogP contribution in [0.5, 0.6) is 0 Å². The van der Waals surface area contributed by atoms with Crippen LogP contribution >= 0.6 is 0 Å². The summed E-state index contributed by atoms with van der Waals surface area (Å²) in [5, 5.41) is 8.64. The molecule has 0 unspecified atom stereocenters. The summed E-state index contributed by atoms with van der Waals surface area (Å²) in [5.41, 5.74) is 31.2. The number of fused-ring (bicyclic) bond motifs is 4. The van der Waals surface area contributed by atoms with Gasteiger partial charge in [0.2, 0.25) is 22.8 Å². The van der Waals surface area contributed by atoms with Gasteiger partial charge < -0.3 is 0 Å². The van der Waals surface area contributed by atoms with Crippen LogP contribution in [0.2, 0.25) is 0 Å². The first kappa shape index (κ1) is 76.2. The molecular formula is C104H136N4+4. The Morgan fingerprint density at radius 2 is 0.667 bits per heavy atom. The highest BCUT2D eigenvalue weighted by Crippen LogP contribution is 2.40. The van der Waals surface area contributed by atoms with Crippen LogP contribution in [0.1, 0.15) is 257 Å². The van der Waals surface area contributed by atoms with E-state index >= 15 is 0 Å². The molecule has 4 heteroatoms. The van der Waals surface area contributed by atoms with Crippen molar-refractivity contribution in [2.24, 2.45) is 51.9 Å². The molecule has 0 aliphatic rings. The van der Waals surface area contributed by atoms with Gasteiger partial charge in [-0.1, -0.05) is 216 Å². The fourth-order valence-corrected chi connectivity index (χ4v) is 15.6. The van der Waals surface area contributed by atoms with Gasteiger partial charge in [0.15, 0.2) is 23.3 Å². The quantitative estimate of drug-likeness (QED) is 0.0857. The van der Waals surface area contributed by atoms with Gasteiger partial charge in [0, 0.05) is 50.5 Å². The first-order valence-corrected chi connectivity index (χ1v) is 40.5. The van der Waals surface area contributed by atoms with E-state index in [9.17, 15) is 0 Å². The number of benzene rings is 8. The molecule has 0 amide bonds. The Kier molecular flexibility index (Phi) is 24.7. The molecule has 4 nitrogen and oxygen atoms in total. The van der Waals surface area contributed by atoms with Crippen molar-refractivity contribution in [2.75, 3.05) is 0 Å². The van der Waals surface area contributed by atoms with E-state index in [2.05, 4.69) is 355 Å². The molecule has 0 aliphatic carbocycles. The third-order valence-corrected chi connectivity index (χ3v) is 22.3. The molecule has 568 valence electrons. The van der Waals surface area contributed by atoms with E-state index in [1.165, 1.54) is 133 Å². The molecule has 12 rings (SSSR count).